The van der Waals surface area contributed by atoms with E-state index in [2.05, 4.69) is 0 Å². The van der Waals surface area contributed by atoms with Gasteiger partial charge >= 0.3 is 0 Å². The molecule has 0 radical (unpaired) electrons. The Hall–Kier alpha value is -4.07. The van der Waals surface area contributed by atoms with Crippen molar-refractivity contribution in [1.82, 2.24) is 4.90 Å². The Kier molecular flexibility index (Phi) is 8.84. The van der Waals surface area contributed by atoms with Gasteiger partial charge in [0.25, 0.3) is 5.91 Å². The molecule has 4 aromatic rings. The van der Waals surface area contributed by atoms with Crippen LogP contribution in [-0.4, -0.2) is 23.1 Å². The lowest BCUT2D eigenvalue weighted by molar-refractivity contribution is -0.122. The van der Waals surface area contributed by atoms with E-state index in [-0.39, 0.29) is 23.4 Å². The zero-order chi connectivity index (χ0) is 27.9. The summed E-state index contributed by atoms with van der Waals surface area (Å²) in [6, 6.07) is 29.6. The number of carbonyl (C=O) groups excluding carboxylic acids is 1. The summed E-state index contributed by atoms with van der Waals surface area (Å²) in [7, 11) is 1.50. The topological polar surface area (TPSA) is 51.1 Å². The quantitative estimate of drug-likeness (QED) is 0.192. The molecule has 5 rings (SSSR count). The van der Waals surface area contributed by atoms with Gasteiger partial charge in [-0.25, -0.2) is 4.39 Å². The Morgan fingerprint density at radius 3 is 2.33 bits per heavy atom. The molecular weight excluding hydrogens is 547 g/mol. The first-order chi connectivity index (χ1) is 19.5. The molecule has 0 aromatic heterocycles. The van der Waals surface area contributed by atoms with Crippen LogP contribution in [0.5, 0.6) is 11.5 Å². The largest absolute Gasteiger partial charge is 0.493 e. The number of carbonyl (C=O) groups is 1. The van der Waals surface area contributed by atoms with Crippen LogP contribution in [0.3, 0.4) is 0 Å². The Bertz CT molecular complexity index is 1560. The fourth-order valence-electron chi connectivity index (χ4n) is 4.15. The Morgan fingerprint density at radius 1 is 0.950 bits per heavy atom. The number of ether oxygens (including phenoxy) is 2. The van der Waals surface area contributed by atoms with Gasteiger partial charge in [0.1, 0.15) is 12.4 Å². The molecule has 1 heterocycles. The van der Waals surface area contributed by atoms with E-state index in [1.165, 1.54) is 24.9 Å². The van der Waals surface area contributed by atoms with Gasteiger partial charge in [-0.3, -0.25) is 14.7 Å². The minimum absolute atomic E-state index is 0.00673. The summed E-state index contributed by atoms with van der Waals surface area (Å²) in [4.78, 5) is 20.6. The number of aliphatic imine (C=N–C) groups is 1. The number of benzene rings is 4. The Balaban J connectivity index is 1.41. The van der Waals surface area contributed by atoms with Crippen LogP contribution < -0.4 is 9.47 Å². The van der Waals surface area contributed by atoms with Crippen molar-refractivity contribution >= 4 is 40.5 Å². The summed E-state index contributed by atoms with van der Waals surface area (Å²) in [5.74, 6) is 0.178. The van der Waals surface area contributed by atoms with Crippen molar-refractivity contribution in [2.75, 3.05) is 7.11 Å². The van der Waals surface area contributed by atoms with E-state index in [1.54, 1.807) is 41.3 Å². The molecule has 0 saturated carbocycles. The molecule has 1 aliphatic rings. The predicted octanol–water partition coefficient (Wildman–Crippen LogP) is 7.74. The first-order valence-electron chi connectivity index (χ1n) is 12.6. The van der Waals surface area contributed by atoms with Crippen LogP contribution >= 0.6 is 23.4 Å². The van der Waals surface area contributed by atoms with Crippen molar-refractivity contribution in [2.45, 2.75) is 19.7 Å². The highest BCUT2D eigenvalue weighted by molar-refractivity contribution is 8.18. The van der Waals surface area contributed by atoms with Crippen molar-refractivity contribution < 1.29 is 18.7 Å². The highest BCUT2D eigenvalue weighted by Gasteiger charge is 2.33. The van der Waals surface area contributed by atoms with E-state index in [4.69, 9.17) is 26.1 Å². The minimum Gasteiger partial charge on any atom is -0.493 e. The van der Waals surface area contributed by atoms with Crippen molar-refractivity contribution in [3.63, 3.8) is 0 Å². The Morgan fingerprint density at radius 2 is 1.62 bits per heavy atom. The van der Waals surface area contributed by atoms with Gasteiger partial charge in [0.15, 0.2) is 16.7 Å². The van der Waals surface area contributed by atoms with Crippen molar-refractivity contribution in [3.05, 3.63) is 135 Å². The Labute approximate surface area is 241 Å². The van der Waals surface area contributed by atoms with E-state index in [9.17, 15) is 9.18 Å². The molecular formula is C32H26ClFN2O3S. The first-order valence-corrected chi connectivity index (χ1v) is 13.8. The molecule has 0 N–H and O–H groups in total. The average Bonchev–Trinajstić information content (AvgIpc) is 3.26. The second-order valence-electron chi connectivity index (χ2n) is 8.99. The normalized spacial score (nSPS) is 15.2. The molecule has 1 amide bonds. The molecule has 4 aromatic carbocycles. The number of hydrogen-bond donors (Lipinski definition) is 0. The fourth-order valence-corrected chi connectivity index (χ4v) is 5.40. The summed E-state index contributed by atoms with van der Waals surface area (Å²) < 4.78 is 25.4. The number of methoxy groups -OCH3 is 1. The van der Waals surface area contributed by atoms with Crippen molar-refractivity contribution in [1.29, 1.82) is 0 Å². The predicted molar refractivity (Wildman–Crippen MR) is 159 cm³/mol. The van der Waals surface area contributed by atoms with E-state index in [1.807, 2.05) is 60.7 Å². The SMILES string of the molecule is COc1cc(/C=C2/SC(=NCc3ccccc3)N(Cc3ccccc3)C2=O)cc(Cl)c1OCc1ccccc1F. The number of nitrogens with zero attached hydrogens (tertiary/aromatic N) is 2. The summed E-state index contributed by atoms with van der Waals surface area (Å²) >= 11 is 7.89. The summed E-state index contributed by atoms with van der Waals surface area (Å²) in [5.41, 5.74) is 3.13. The third-order valence-electron chi connectivity index (χ3n) is 6.19. The number of amides is 1. The number of hydrogen-bond acceptors (Lipinski definition) is 5. The molecule has 1 aliphatic heterocycles. The number of rotatable bonds is 9. The van der Waals surface area contributed by atoms with Gasteiger partial charge in [-0.05, 0) is 52.7 Å². The monoisotopic (exact) mass is 572 g/mol. The van der Waals surface area contributed by atoms with Gasteiger partial charge < -0.3 is 9.47 Å². The maximum atomic E-state index is 14.1. The molecule has 8 heteroatoms. The van der Waals surface area contributed by atoms with Gasteiger partial charge in [0.05, 0.1) is 30.1 Å². The van der Waals surface area contributed by atoms with Crippen molar-refractivity contribution in [2.24, 2.45) is 4.99 Å². The number of halogens is 2. The van der Waals surface area contributed by atoms with Gasteiger partial charge in [0, 0.05) is 5.56 Å². The molecule has 0 unspecified atom stereocenters. The van der Waals surface area contributed by atoms with E-state index in [0.29, 0.717) is 45.8 Å². The second-order valence-corrected chi connectivity index (χ2v) is 10.4. The summed E-state index contributed by atoms with van der Waals surface area (Å²) in [5, 5.41) is 0.920. The highest BCUT2D eigenvalue weighted by Crippen LogP contribution is 2.40. The lowest BCUT2D eigenvalue weighted by Gasteiger charge is -2.16. The smallest absolute Gasteiger partial charge is 0.267 e. The van der Waals surface area contributed by atoms with Gasteiger partial charge in [0.2, 0.25) is 0 Å². The van der Waals surface area contributed by atoms with Gasteiger partial charge in [-0.2, -0.15) is 0 Å². The zero-order valence-electron chi connectivity index (χ0n) is 21.7. The maximum Gasteiger partial charge on any atom is 0.267 e. The molecule has 0 atom stereocenters. The molecule has 0 aliphatic carbocycles. The summed E-state index contributed by atoms with van der Waals surface area (Å²) in [6.45, 7) is 0.862. The molecule has 202 valence electrons. The second kappa shape index (κ2) is 12.9. The van der Waals surface area contributed by atoms with Crippen LogP contribution in [0.4, 0.5) is 4.39 Å². The average molecular weight is 573 g/mol. The highest BCUT2D eigenvalue weighted by atomic mass is 35.5. The number of thioether (sulfide) groups is 1. The molecule has 0 spiro atoms. The maximum absolute atomic E-state index is 14.1. The molecule has 1 fully saturated rings. The van der Waals surface area contributed by atoms with E-state index >= 15 is 0 Å². The molecule has 5 nitrogen and oxygen atoms in total. The third-order valence-corrected chi connectivity index (χ3v) is 7.52. The standard InChI is InChI=1S/C32H26ClFN2O3S/c1-38-28-17-24(16-26(33)30(28)39-21-25-14-8-9-15-27(25)34)18-29-31(37)36(20-23-12-6-3-7-13-23)32(40-29)35-19-22-10-4-2-5-11-22/h2-18H,19-21H2,1H3/b29-18+,35-32?. The van der Waals surface area contributed by atoms with Crippen molar-refractivity contribution in [3.8, 4) is 11.5 Å². The van der Waals surface area contributed by atoms with E-state index < -0.39 is 0 Å². The van der Waals surface area contributed by atoms with Crippen LogP contribution in [0.2, 0.25) is 5.02 Å². The zero-order valence-corrected chi connectivity index (χ0v) is 23.3. The molecule has 1 saturated heterocycles. The number of amidine groups is 1. The molecule has 40 heavy (non-hydrogen) atoms. The van der Waals surface area contributed by atoms with Crippen LogP contribution in [0.15, 0.2) is 107 Å². The van der Waals surface area contributed by atoms with Crippen LogP contribution in [0.25, 0.3) is 6.08 Å². The lowest BCUT2D eigenvalue weighted by atomic mass is 10.1. The van der Waals surface area contributed by atoms with Crippen LogP contribution in [0.1, 0.15) is 22.3 Å². The van der Waals surface area contributed by atoms with Gasteiger partial charge in [-0.1, -0.05) is 90.5 Å². The minimum atomic E-state index is -0.361. The van der Waals surface area contributed by atoms with Gasteiger partial charge in [-0.15, -0.1) is 0 Å². The fraction of sp³-hybridized carbons (Fsp3) is 0.125. The van der Waals surface area contributed by atoms with Crippen LogP contribution in [0, 0.1) is 5.82 Å². The summed E-state index contributed by atoms with van der Waals surface area (Å²) in [6.07, 6.45) is 1.77. The van der Waals surface area contributed by atoms with Crippen LogP contribution in [-0.2, 0) is 24.5 Å². The van der Waals surface area contributed by atoms with E-state index in [0.717, 1.165) is 11.1 Å². The third kappa shape index (κ3) is 6.55. The first kappa shape index (κ1) is 27.5. The molecule has 0 bridgehead atoms. The lowest BCUT2D eigenvalue weighted by Crippen LogP contribution is -2.28.